The molecule has 2 aromatic carbocycles. The van der Waals surface area contributed by atoms with Crippen LogP contribution < -0.4 is 5.32 Å². The lowest BCUT2D eigenvalue weighted by Gasteiger charge is -2.05. The van der Waals surface area contributed by atoms with Crippen LogP contribution in [0.4, 0.5) is 9.18 Å². The lowest BCUT2D eigenvalue weighted by atomic mass is 10.2. The van der Waals surface area contributed by atoms with Gasteiger partial charge in [-0.2, -0.15) is 0 Å². The second-order valence-electron chi connectivity index (χ2n) is 4.70. The molecule has 0 aliphatic rings. The zero-order valence-electron chi connectivity index (χ0n) is 12.4. The minimum atomic E-state index is -0.518. The summed E-state index contributed by atoms with van der Waals surface area (Å²) in [6, 6.07) is 13.0. The van der Waals surface area contributed by atoms with Gasteiger partial charge in [0.05, 0.1) is 5.56 Å². The number of ether oxygens (including phenoxy) is 1. The molecule has 0 spiro atoms. The van der Waals surface area contributed by atoms with E-state index in [9.17, 15) is 14.3 Å². The first-order chi connectivity index (χ1) is 11.1. The lowest BCUT2D eigenvalue weighted by molar-refractivity contribution is 0.140. The van der Waals surface area contributed by atoms with Crippen LogP contribution in [-0.4, -0.2) is 17.7 Å². The van der Waals surface area contributed by atoms with Gasteiger partial charge in [0.25, 0.3) is 0 Å². The third kappa shape index (κ3) is 5.71. The average molecular weight is 313 g/mol. The van der Waals surface area contributed by atoms with Crippen LogP contribution in [0.2, 0.25) is 0 Å². The van der Waals surface area contributed by atoms with Crippen LogP contribution >= 0.6 is 0 Å². The van der Waals surface area contributed by atoms with E-state index in [0.717, 1.165) is 11.6 Å². The first-order valence-corrected chi connectivity index (χ1v) is 7.07. The van der Waals surface area contributed by atoms with Crippen molar-refractivity contribution in [1.82, 2.24) is 5.32 Å². The Hall–Kier alpha value is -3.00. The molecule has 118 valence electrons. The van der Waals surface area contributed by atoms with Crippen molar-refractivity contribution in [2.45, 2.75) is 13.0 Å². The van der Waals surface area contributed by atoms with Gasteiger partial charge in [-0.05, 0) is 17.7 Å². The molecule has 2 rings (SSSR count). The van der Waals surface area contributed by atoms with E-state index in [1.54, 1.807) is 0 Å². The minimum absolute atomic E-state index is 0.201. The molecule has 0 saturated carbocycles. The van der Waals surface area contributed by atoms with Gasteiger partial charge in [-0.15, -0.1) is 0 Å². The number of hydrogen-bond donors (Lipinski definition) is 2. The van der Waals surface area contributed by atoms with Crippen molar-refractivity contribution >= 4 is 6.09 Å². The number of rotatable bonds is 4. The van der Waals surface area contributed by atoms with Crippen LogP contribution in [0.3, 0.4) is 0 Å². The van der Waals surface area contributed by atoms with Crippen molar-refractivity contribution in [3.05, 3.63) is 65.5 Å². The first-order valence-electron chi connectivity index (χ1n) is 7.07. The number of benzene rings is 2. The van der Waals surface area contributed by atoms with Gasteiger partial charge < -0.3 is 15.2 Å². The maximum atomic E-state index is 12.8. The monoisotopic (exact) mass is 313 g/mol. The van der Waals surface area contributed by atoms with Crippen molar-refractivity contribution in [1.29, 1.82) is 0 Å². The number of nitrogens with one attached hydrogen (secondary N) is 1. The Morgan fingerprint density at radius 3 is 2.74 bits per heavy atom. The molecule has 0 aliphatic heterocycles. The summed E-state index contributed by atoms with van der Waals surface area (Å²) >= 11 is 0. The van der Waals surface area contributed by atoms with Gasteiger partial charge in [-0.1, -0.05) is 42.2 Å². The quantitative estimate of drug-likeness (QED) is 0.673. The van der Waals surface area contributed by atoms with Crippen molar-refractivity contribution in [2.75, 3.05) is 6.54 Å². The van der Waals surface area contributed by atoms with Crippen LogP contribution in [0.5, 0.6) is 5.75 Å². The third-order valence-electron chi connectivity index (χ3n) is 2.91. The van der Waals surface area contributed by atoms with E-state index in [4.69, 9.17) is 4.74 Å². The molecule has 0 saturated heterocycles. The fourth-order valence-electron chi connectivity index (χ4n) is 1.77. The van der Waals surface area contributed by atoms with E-state index < -0.39 is 11.9 Å². The van der Waals surface area contributed by atoms with Crippen molar-refractivity contribution in [3.8, 4) is 17.6 Å². The summed E-state index contributed by atoms with van der Waals surface area (Å²) in [4.78, 5) is 11.5. The SMILES string of the molecule is O=C(NCCC#Cc1ccc(F)cc1O)OCc1ccccc1. The second-order valence-corrected chi connectivity index (χ2v) is 4.70. The topological polar surface area (TPSA) is 58.6 Å². The molecule has 0 fully saturated rings. The summed E-state index contributed by atoms with van der Waals surface area (Å²) in [7, 11) is 0. The normalized spacial score (nSPS) is 9.61. The van der Waals surface area contributed by atoms with Crippen molar-refractivity contribution in [2.24, 2.45) is 0 Å². The van der Waals surface area contributed by atoms with Crippen LogP contribution in [0.25, 0.3) is 0 Å². The number of halogens is 1. The summed E-state index contributed by atoms with van der Waals surface area (Å²) in [5, 5.41) is 12.1. The molecular formula is C18H16FNO3. The molecule has 2 N–H and O–H groups in total. The maximum absolute atomic E-state index is 12.8. The Labute approximate surface area is 133 Å². The molecule has 0 aliphatic carbocycles. The Bertz CT molecular complexity index is 720. The predicted molar refractivity (Wildman–Crippen MR) is 84.2 cm³/mol. The highest BCUT2D eigenvalue weighted by Gasteiger charge is 2.01. The van der Waals surface area contributed by atoms with E-state index in [2.05, 4.69) is 17.2 Å². The van der Waals surface area contributed by atoms with Crippen LogP contribution in [-0.2, 0) is 11.3 Å². The van der Waals surface area contributed by atoms with E-state index >= 15 is 0 Å². The van der Waals surface area contributed by atoms with Crippen LogP contribution in [0.1, 0.15) is 17.5 Å². The fourth-order valence-corrected chi connectivity index (χ4v) is 1.77. The number of carbonyl (C=O) groups excluding carboxylic acids is 1. The fraction of sp³-hybridized carbons (Fsp3) is 0.167. The smallest absolute Gasteiger partial charge is 0.407 e. The minimum Gasteiger partial charge on any atom is -0.507 e. The molecule has 0 unspecified atom stereocenters. The van der Waals surface area contributed by atoms with Gasteiger partial charge in [0.2, 0.25) is 0 Å². The number of carbonyl (C=O) groups is 1. The molecule has 1 amide bonds. The van der Waals surface area contributed by atoms with Crippen LogP contribution in [0.15, 0.2) is 48.5 Å². The van der Waals surface area contributed by atoms with E-state index in [-0.39, 0.29) is 12.4 Å². The molecule has 2 aromatic rings. The molecule has 0 bridgehead atoms. The van der Waals surface area contributed by atoms with Crippen molar-refractivity contribution < 1.29 is 19.0 Å². The summed E-state index contributed by atoms with van der Waals surface area (Å²) < 4.78 is 17.9. The van der Waals surface area contributed by atoms with Gasteiger partial charge in [0.15, 0.2) is 0 Å². The molecule has 0 atom stereocenters. The number of amides is 1. The van der Waals surface area contributed by atoms with Gasteiger partial charge in [0.1, 0.15) is 18.2 Å². The van der Waals surface area contributed by atoms with Gasteiger partial charge in [0, 0.05) is 19.0 Å². The molecule has 5 heteroatoms. The van der Waals surface area contributed by atoms with Crippen molar-refractivity contribution in [3.63, 3.8) is 0 Å². The Morgan fingerprint density at radius 2 is 2.00 bits per heavy atom. The molecule has 0 heterocycles. The highest BCUT2D eigenvalue weighted by atomic mass is 19.1. The maximum Gasteiger partial charge on any atom is 0.407 e. The number of alkyl carbamates (subject to hydrolysis) is 1. The van der Waals surface area contributed by atoms with Gasteiger partial charge >= 0.3 is 6.09 Å². The molecule has 23 heavy (non-hydrogen) atoms. The Kier molecular flexibility index (Phi) is 6.01. The average Bonchev–Trinajstić information content (AvgIpc) is 2.55. The predicted octanol–water partition coefficient (Wildman–Crippen LogP) is 3.20. The van der Waals surface area contributed by atoms with E-state index in [1.807, 2.05) is 30.3 Å². The number of phenolic OH excluding ortho intramolecular Hbond substituents is 1. The number of phenols is 1. The highest BCUT2D eigenvalue weighted by Crippen LogP contribution is 2.16. The zero-order chi connectivity index (χ0) is 16.5. The summed E-state index contributed by atoms with van der Waals surface area (Å²) in [6.45, 7) is 0.532. The van der Waals surface area contributed by atoms with E-state index in [0.29, 0.717) is 18.5 Å². The zero-order valence-corrected chi connectivity index (χ0v) is 12.4. The molecule has 4 nitrogen and oxygen atoms in total. The Morgan fingerprint density at radius 1 is 1.22 bits per heavy atom. The third-order valence-corrected chi connectivity index (χ3v) is 2.91. The summed E-state index contributed by atoms with van der Waals surface area (Å²) in [5.74, 6) is 4.78. The summed E-state index contributed by atoms with van der Waals surface area (Å²) in [5.41, 5.74) is 1.26. The number of hydrogen-bond acceptors (Lipinski definition) is 3. The second kappa shape index (κ2) is 8.44. The summed E-state index contributed by atoms with van der Waals surface area (Å²) in [6.07, 6.45) is -0.127. The van der Waals surface area contributed by atoms with Gasteiger partial charge in [-0.25, -0.2) is 9.18 Å². The molecule has 0 radical (unpaired) electrons. The first kappa shape index (κ1) is 16.4. The Balaban J connectivity index is 1.69. The van der Waals surface area contributed by atoms with Gasteiger partial charge in [-0.3, -0.25) is 0 Å². The number of aromatic hydroxyl groups is 1. The largest absolute Gasteiger partial charge is 0.507 e. The highest BCUT2D eigenvalue weighted by molar-refractivity contribution is 5.67. The van der Waals surface area contributed by atoms with Crippen LogP contribution in [0, 0.1) is 17.7 Å². The molecule has 0 aromatic heterocycles. The standard InChI is InChI=1S/C18H16FNO3/c19-16-10-9-15(17(21)12-16)8-4-5-11-20-18(22)23-13-14-6-2-1-3-7-14/h1-3,6-7,9-10,12,21H,5,11,13H2,(H,20,22). The lowest BCUT2D eigenvalue weighted by Crippen LogP contribution is -2.24. The van der Waals surface area contributed by atoms with E-state index in [1.165, 1.54) is 12.1 Å². The molecular weight excluding hydrogens is 297 g/mol.